The van der Waals surface area contributed by atoms with Gasteiger partial charge in [0.15, 0.2) is 5.82 Å². The van der Waals surface area contributed by atoms with Crippen molar-refractivity contribution >= 4 is 34.2 Å². The lowest BCUT2D eigenvalue weighted by atomic mass is 10.4. The molecule has 110 valence electrons. The molecule has 1 amide bonds. The van der Waals surface area contributed by atoms with Crippen molar-refractivity contribution in [2.75, 3.05) is 11.5 Å². The molecule has 1 rings (SSSR count). The van der Waals surface area contributed by atoms with E-state index in [4.69, 9.17) is 11.5 Å². The molecular weight excluding hydrogens is 282 g/mol. The van der Waals surface area contributed by atoms with Crippen LogP contribution in [0.2, 0.25) is 0 Å². The molecule has 0 saturated carbocycles. The normalized spacial score (nSPS) is 11.7. The van der Waals surface area contributed by atoms with Crippen molar-refractivity contribution in [3.05, 3.63) is 20.8 Å². The molecule has 1 aromatic rings. The van der Waals surface area contributed by atoms with Crippen LogP contribution >= 0.6 is 11.8 Å². The van der Waals surface area contributed by atoms with Crippen molar-refractivity contribution in [1.29, 1.82) is 0 Å². The SMILES string of the molecule is C/C(=N\c1c(N)c(=O)n(C)c(=O)n1C)SCCC(N)=O. The first-order valence-corrected chi connectivity index (χ1v) is 6.76. The second-order valence-corrected chi connectivity index (χ2v) is 5.43. The summed E-state index contributed by atoms with van der Waals surface area (Å²) >= 11 is 1.30. The van der Waals surface area contributed by atoms with Crippen LogP contribution in [0.5, 0.6) is 0 Å². The van der Waals surface area contributed by atoms with Gasteiger partial charge in [0.05, 0.1) is 5.04 Å². The van der Waals surface area contributed by atoms with E-state index in [1.807, 2.05) is 0 Å². The number of nitrogens with two attached hydrogens (primary N) is 2. The number of thioether (sulfide) groups is 1. The number of primary amides is 1. The van der Waals surface area contributed by atoms with Crippen molar-refractivity contribution in [3.8, 4) is 0 Å². The number of carbonyl (C=O) groups excluding carboxylic acids is 1. The summed E-state index contributed by atoms with van der Waals surface area (Å²) in [5.74, 6) is 0.191. The predicted octanol–water partition coefficient (Wildman–Crippen LogP) is -0.675. The van der Waals surface area contributed by atoms with Crippen LogP contribution in [0.15, 0.2) is 14.6 Å². The van der Waals surface area contributed by atoms with Gasteiger partial charge in [-0.1, -0.05) is 0 Å². The van der Waals surface area contributed by atoms with Gasteiger partial charge < -0.3 is 11.5 Å². The number of hydrogen-bond donors (Lipinski definition) is 2. The summed E-state index contributed by atoms with van der Waals surface area (Å²) in [6, 6.07) is 0. The van der Waals surface area contributed by atoms with Crippen LogP contribution in [-0.4, -0.2) is 25.8 Å². The third-order valence-electron chi connectivity index (χ3n) is 2.59. The van der Waals surface area contributed by atoms with E-state index >= 15 is 0 Å². The zero-order valence-electron chi connectivity index (χ0n) is 11.5. The molecule has 1 heterocycles. The molecular formula is C11H17N5O3S. The lowest BCUT2D eigenvalue weighted by Crippen LogP contribution is -2.38. The van der Waals surface area contributed by atoms with Crippen molar-refractivity contribution in [3.63, 3.8) is 0 Å². The Morgan fingerprint density at radius 1 is 1.30 bits per heavy atom. The number of aliphatic imine (C=N–C) groups is 1. The molecule has 0 radical (unpaired) electrons. The van der Waals surface area contributed by atoms with Gasteiger partial charge in [-0.3, -0.25) is 18.7 Å². The van der Waals surface area contributed by atoms with Gasteiger partial charge in [0.2, 0.25) is 5.91 Å². The summed E-state index contributed by atoms with van der Waals surface area (Å²) in [4.78, 5) is 38.3. The fourth-order valence-corrected chi connectivity index (χ4v) is 2.23. The van der Waals surface area contributed by atoms with Crippen LogP contribution in [0.1, 0.15) is 13.3 Å². The van der Waals surface area contributed by atoms with Crippen LogP contribution in [0.25, 0.3) is 0 Å². The minimum absolute atomic E-state index is 0.0931. The highest BCUT2D eigenvalue weighted by Gasteiger charge is 2.12. The van der Waals surface area contributed by atoms with E-state index in [1.165, 1.54) is 30.4 Å². The van der Waals surface area contributed by atoms with Gasteiger partial charge in [-0.15, -0.1) is 11.8 Å². The molecule has 8 nitrogen and oxygen atoms in total. The Labute approximate surface area is 119 Å². The Morgan fingerprint density at radius 3 is 2.45 bits per heavy atom. The van der Waals surface area contributed by atoms with E-state index in [2.05, 4.69) is 4.99 Å². The second kappa shape index (κ2) is 6.42. The van der Waals surface area contributed by atoms with Gasteiger partial charge in [-0.25, -0.2) is 9.79 Å². The number of nitrogens with zero attached hydrogens (tertiary/aromatic N) is 3. The maximum absolute atomic E-state index is 11.8. The summed E-state index contributed by atoms with van der Waals surface area (Å²) in [5, 5.41) is 0.584. The Morgan fingerprint density at radius 2 is 1.90 bits per heavy atom. The summed E-state index contributed by atoms with van der Waals surface area (Å²) in [6.07, 6.45) is 0.225. The van der Waals surface area contributed by atoms with Gasteiger partial charge in [-0.05, 0) is 6.92 Å². The van der Waals surface area contributed by atoms with Crippen molar-refractivity contribution < 1.29 is 4.79 Å². The van der Waals surface area contributed by atoms with Gasteiger partial charge in [0.25, 0.3) is 5.56 Å². The minimum atomic E-state index is -0.582. The summed E-state index contributed by atoms with van der Waals surface area (Å²) in [6.45, 7) is 1.70. The molecule has 0 aromatic carbocycles. The van der Waals surface area contributed by atoms with E-state index in [0.717, 1.165) is 4.57 Å². The zero-order valence-corrected chi connectivity index (χ0v) is 12.4. The minimum Gasteiger partial charge on any atom is -0.391 e. The molecule has 0 aliphatic heterocycles. The molecule has 4 N–H and O–H groups in total. The maximum Gasteiger partial charge on any atom is 0.332 e. The topological polar surface area (TPSA) is 125 Å². The Balaban J connectivity index is 3.12. The molecule has 0 fully saturated rings. The lowest BCUT2D eigenvalue weighted by Gasteiger charge is -2.09. The van der Waals surface area contributed by atoms with Crippen molar-refractivity contribution in [2.45, 2.75) is 13.3 Å². The summed E-state index contributed by atoms with van der Waals surface area (Å²) in [5.41, 5.74) is 9.55. The number of amides is 1. The molecule has 9 heteroatoms. The average Bonchev–Trinajstić information content (AvgIpc) is 2.39. The standard InChI is InChI=1S/C11H17N5O3S/c1-6(20-5-4-7(12)17)14-9-8(13)10(18)16(3)11(19)15(9)2/h4-5,13H2,1-3H3,(H2,12,17)/b14-6+. The van der Waals surface area contributed by atoms with E-state index in [1.54, 1.807) is 6.92 Å². The monoisotopic (exact) mass is 299 g/mol. The number of nitrogen functional groups attached to an aromatic ring is 1. The molecule has 0 aliphatic carbocycles. The first kappa shape index (κ1) is 16.0. The van der Waals surface area contributed by atoms with Crippen LogP contribution in [0.3, 0.4) is 0 Å². The van der Waals surface area contributed by atoms with E-state index in [-0.39, 0.29) is 17.9 Å². The molecule has 20 heavy (non-hydrogen) atoms. The molecule has 0 aliphatic rings. The van der Waals surface area contributed by atoms with Gasteiger partial charge in [-0.2, -0.15) is 0 Å². The zero-order chi connectivity index (χ0) is 15.4. The first-order valence-electron chi connectivity index (χ1n) is 5.77. The molecule has 0 bridgehead atoms. The molecule has 0 spiro atoms. The highest BCUT2D eigenvalue weighted by molar-refractivity contribution is 8.13. The van der Waals surface area contributed by atoms with Crippen LogP contribution in [-0.2, 0) is 18.9 Å². The quantitative estimate of drug-likeness (QED) is 0.563. The van der Waals surface area contributed by atoms with Crippen LogP contribution in [0.4, 0.5) is 11.5 Å². The van der Waals surface area contributed by atoms with E-state index < -0.39 is 17.2 Å². The van der Waals surface area contributed by atoms with E-state index in [0.29, 0.717) is 10.8 Å². The second-order valence-electron chi connectivity index (χ2n) is 4.14. The van der Waals surface area contributed by atoms with Crippen molar-refractivity contribution in [1.82, 2.24) is 9.13 Å². The number of carbonyl (C=O) groups is 1. The predicted molar refractivity (Wildman–Crippen MR) is 80.4 cm³/mol. The fraction of sp³-hybridized carbons (Fsp3) is 0.455. The lowest BCUT2D eigenvalue weighted by molar-refractivity contribution is -0.117. The number of hydrogen-bond acceptors (Lipinski definition) is 6. The highest BCUT2D eigenvalue weighted by Crippen LogP contribution is 2.18. The molecule has 0 atom stereocenters. The molecule has 0 unspecified atom stereocenters. The molecule has 1 aromatic heterocycles. The smallest absolute Gasteiger partial charge is 0.332 e. The number of aromatic nitrogens is 2. The Hall–Kier alpha value is -2.03. The van der Waals surface area contributed by atoms with Crippen molar-refractivity contribution in [2.24, 2.45) is 24.8 Å². The number of rotatable bonds is 4. The van der Waals surface area contributed by atoms with Gasteiger partial charge >= 0.3 is 5.69 Å². The van der Waals surface area contributed by atoms with E-state index in [9.17, 15) is 14.4 Å². The maximum atomic E-state index is 11.8. The average molecular weight is 299 g/mol. The van der Waals surface area contributed by atoms with Crippen LogP contribution < -0.4 is 22.7 Å². The number of anilines is 1. The van der Waals surface area contributed by atoms with Gasteiger partial charge in [0.1, 0.15) is 5.69 Å². The fourth-order valence-electron chi connectivity index (χ4n) is 1.48. The summed E-state index contributed by atoms with van der Waals surface area (Å²) < 4.78 is 2.12. The molecule has 0 saturated heterocycles. The van der Waals surface area contributed by atoms with Gasteiger partial charge in [0, 0.05) is 26.3 Å². The van der Waals surface area contributed by atoms with Crippen LogP contribution in [0, 0.1) is 0 Å². The summed E-state index contributed by atoms with van der Waals surface area (Å²) in [7, 11) is 2.83. The largest absolute Gasteiger partial charge is 0.391 e. The third kappa shape index (κ3) is 3.50. The third-order valence-corrected chi connectivity index (χ3v) is 3.51. The Kier molecular flexibility index (Phi) is 5.14. The Bertz CT molecular complexity index is 637. The highest BCUT2D eigenvalue weighted by atomic mass is 32.2. The first-order chi connectivity index (χ1) is 9.25.